The van der Waals surface area contributed by atoms with Crippen LogP contribution in [0.5, 0.6) is 11.5 Å². The Bertz CT molecular complexity index is 324. The maximum atomic E-state index is 11.9. The SMILES string of the molecule is FC(F)(F)Oc1ccc(OCCCCS)cc1. The first-order valence-corrected chi connectivity index (χ1v) is 5.74. The molecule has 0 amide bonds. The molecule has 2 nitrogen and oxygen atoms in total. The van der Waals surface area contributed by atoms with E-state index in [0.717, 1.165) is 18.6 Å². The van der Waals surface area contributed by atoms with E-state index in [9.17, 15) is 13.2 Å². The minimum Gasteiger partial charge on any atom is -0.494 e. The summed E-state index contributed by atoms with van der Waals surface area (Å²) in [5, 5.41) is 0. The van der Waals surface area contributed by atoms with Gasteiger partial charge in [0.25, 0.3) is 0 Å². The number of hydrogen-bond acceptors (Lipinski definition) is 3. The van der Waals surface area contributed by atoms with E-state index in [4.69, 9.17) is 4.74 Å². The highest BCUT2D eigenvalue weighted by atomic mass is 32.1. The maximum absolute atomic E-state index is 11.9. The van der Waals surface area contributed by atoms with Gasteiger partial charge >= 0.3 is 6.36 Å². The van der Waals surface area contributed by atoms with Crippen molar-refractivity contribution in [1.29, 1.82) is 0 Å². The smallest absolute Gasteiger partial charge is 0.494 e. The van der Waals surface area contributed by atoms with Crippen LogP contribution in [0.2, 0.25) is 0 Å². The number of unbranched alkanes of at least 4 members (excludes halogenated alkanes) is 1. The van der Waals surface area contributed by atoms with Gasteiger partial charge in [0.2, 0.25) is 0 Å². The van der Waals surface area contributed by atoms with E-state index in [-0.39, 0.29) is 5.75 Å². The summed E-state index contributed by atoms with van der Waals surface area (Å²) in [5.41, 5.74) is 0. The number of ether oxygens (including phenoxy) is 2. The molecule has 0 saturated carbocycles. The van der Waals surface area contributed by atoms with E-state index >= 15 is 0 Å². The summed E-state index contributed by atoms with van der Waals surface area (Å²) >= 11 is 4.06. The van der Waals surface area contributed by atoms with Crippen LogP contribution >= 0.6 is 12.6 Å². The van der Waals surface area contributed by atoms with Crippen LogP contribution in [0, 0.1) is 0 Å². The van der Waals surface area contributed by atoms with Gasteiger partial charge in [-0.15, -0.1) is 13.2 Å². The average Bonchev–Trinajstić information content (AvgIpc) is 2.25. The molecule has 1 aromatic rings. The molecule has 0 N–H and O–H groups in total. The third kappa shape index (κ3) is 6.31. The van der Waals surface area contributed by atoms with E-state index in [2.05, 4.69) is 17.4 Å². The fourth-order valence-corrected chi connectivity index (χ4v) is 1.37. The predicted molar refractivity (Wildman–Crippen MR) is 61.7 cm³/mol. The van der Waals surface area contributed by atoms with Gasteiger partial charge in [0.05, 0.1) is 6.61 Å². The van der Waals surface area contributed by atoms with Gasteiger partial charge in [0.1, 0.15) is 11.5 Å². The molecular weight excluding hydrogens is 253 g/mol. The van der Waals surface area contributed by atoms with Gasteiger partial charge in [-0.1, -0.05) is 0 Å². The van der Waals surface area contributed by atoms with Crippen molar-refractivity contribution in [3.8, 4) is 11.5 Å². The van der Waals surface area contributed by atoms with Crippen molar-refractivity contribution >= 4 is 12.6 Å². The molecule has 0 aliphatic rings. The van der Waals surface area contributed by atoms with Crippen molar-refractivity contribution in [2.45, 2.75) is 19.2 Å². The summed E-state index contributed by atoms with van der Waals surface area (Å²) in [6, 6.07) is 5.34. The highest BCUT2D eigenvalue weighted by Crippen LogP contribution is 2.24. The lowest BCUT2D eigenvalue weighted by atomic mass is 10.3. The highest BCUT2D eigenvalue weighted by Gasteiger charge is 2.30. The molecule has 0 aliphatic carbocycles. The van der Waals surface area contributed by atoms with Gasteiger partial charge < -0.3 is 9.47 Å². The van der Waals surface area contributed by atoms with Gasteiger partial charge in [-0.05, 0) is 42.9 Å². The van der Waals surface area contributed by atoms with Crippen LogP contribution in [0.3, 0.4) is 0 Å². The van der Waals surface area contributed by atoms with E-state index in [1.54, 1.807) is 0 Å². The molecule has 0 heterocycles. The first-order valence-electron chi connectivity index (χ1n) is 5.11. The Hall–Kier alpha value is -1.04. The van der Waals surface area contributed by atoms with Crippen LogP contribution < -0.4 is 9.47 Å². The molecule has 0 atom stereocenters. The van der Waals surface area contributed by atoms with Gasteiger partial charge in [-0.25, -0.2) is 0 Å². The molecule has 1 aromatic carbocycles. The van der Waals surface area contributed by atoms with Gasteiger partial charge in [0, 0.05) is 0 Å². The first-order chi connectivity index (χ1) is 8.01. The highest BCUT2D eigenvalue weighted by molar-refractivity contribution is 7.80. The first kappa shape index (κ1) is 14.0. The number of benzene rings is 1. The number of alkyl halides is 3. The quantitative estimate of drug-likeness (QED) is 0.625. The zero-order chi connectivity index (χ0) is 12.7. The van der Waals surface area contributed by atoms with Crippen molar-refractivity contribution in [2.24, 2.45) is 0 Å². The molecule has 6 heteroatoms. The van der Waals surface area contributed by atoms with E-state index in [1.807, 2.05) is 0 Å². The van der Waals surface area contributed by atoms with Crippen molar-refractivity contribution in [3.63, 3.8) is 0 Å². The van der Waals surface area contributed by atoms with Crippen LogP contribution in [0.25, 0.3) is 0 Å². The summed E-state index contributed by atoms with van der Waals surface area (Å²) in [7, 11) is 0. The maximum Gasteiger partial charge on any atom is 0.573 e. The second kappa shape index (κ2) is 6.64. The Kier molecular flexibility index (Phi) is 5.47. The molecular formula is C11H13F3O2S. The van der Waals surface area contributed by atoms with Crippen molar-refractivity contribution in [3.05, 3.63) is 24.3 Å². The van der Waals surface area contributed by atoms with Crippen LogP contribution in [0.15, 0.2) is 24.3 Å². The van der Waals surface area contributed by atoms with Crippen molar-refractivity contribution < 1.29 is 22.6 Å². The molecule has 0 bridgehead atoms. The number of hydrogen-bond donors (Lipinski definition) is 1. The van der Waals surface area contributed by atoms with Gasteiger partial charge in [-0.3, -0.25) is 0 Å². The summed E-state index contributed by atoms with van der Waals surface area (Å²) in [5.74, 6) is 1.07. The second-order valence-corrected chi connectivity index (χ2v) is 3.75. The minimum absolute atomic E-state index is 0.250. The third-order valence-electron chi connectivity index (χ3n) is 1.88. The Balaban J connectivity index is 2.39. The summed E-state index contributed by atoms with van der Waals surface area (Å²) < 4.78 is 44.7. The van der Waals surface area contributed by atoms with Crippen molar-refractivity contribution in [2.75, 3.05) is 12.4 Å². The van der Waals surface area contributed by atoms with Gasteiger partial charge in [-0.2, -0.15) is 12.6 Å². The lowest BCUT2D eigenvalue weighted by Crippen LogP contribution is -2.16. The standard InChI is InChI=1S/C11H13F3O2S/c12-11(13,14)16-10-5-3-9(4-6-10)15-7-1-2-8-17/h3-6,17H,1-2,7-8H2. The lowest BCUT2D eigenvalue weighted by Gasteiger charge is -2.10. The number of rotatable bonds is 6. The summed E-state index contributed by atoms with van der Waals surface area (Å²) in [6.45, 7) is 0.528. The van der Waals surface area contributed by atoms with Crippen LogP contribution in [0.4, 0.5) is 13.2 Å². The molecule has 17 heavy (non-hydrogen) atoms. The Morgan fingerprint density at radius 3 is 2.12 bits per heavy atom. The Morgan fingerprint density at radius 1 is 1.00 bits per heavy atom. The van der Waals surface area contributed by atoms with Crippen LogP contribution in [0.1, 0.15) is 12.8 Å². The molecule has 0 saturated heterocycles. The normalized spacial score (nSPS) is 11.3. The Labute approximate surface area is 103 Å². The van der Waals surface area contributed by atoms with E-state index in [1.165, 1.54) is 24.3 Å². The molecule has 1 rings (SSSR count). The zero-order valence-electron chi connectivity index (χ0n) is 9.04. The number of halogens is 3. The topological polar surface area (TPSA) is 18.5 Å². The van der Waals surface area contributed by atoms with Crippen LogP contribution in [-0.4, -0.2) is 18.7 Å². The zero-order valence-corrected chi connectivity index (χ0v) is 9.93. The third-order valence-corrected chi connectivity index (χ3v) is 2.19. The largest absolute Gasteiger partial charge is 0.573 e. The van der Waals surface area contributed by atoms with E-state index < -0.39 is 6.36 Å². The fraction of sp³-hybridized carbons (Fsp3) is 0.455. The molecule has 0 aliphatic heterocycles. The molecule has 0 fully saturated rings. The monoisotopic (exact) mass is 266 g/mol. The van der Waals surface area contributed by atoms with Gasteiger partial charge in [0.15, 0.2) is 0 Å². The summed E-state index contributed by atoms with van der Waals surface area (Å²) in [6.07, 6.45) is -2.85. The van der Waals surface area contributed by atoms with Crippen LogP contribution in [-0.2, 0) is 0 Å². The minimum atomic E-state index is -4.66. The molecule has 96 valence electrons. The number of thiol groups is 1. The average molecular weight is 266 g/mol. The van der Waals surface area contributed by atoms with Crippen molar-refractivity contribution in [1.82, 2.24) is 0 Å². The molecule has 0 radical (unpaired) electrons. The van der Waals surface area contributed by atoms with E-state index in [0.29, 0.717) is 12.4 Å². The fourth-order valence-electron chi connectivity index (χ4n) is 1.14. The molecule has 0 unspecified atom stereocenters. The second-order valence-electron chi connectivity index (χ2n) is 3.30. The summed E-state index contributed by atoms with van der Waals surface area (Å²) in [4.78, 5) is 0. The Morgan fingerprint density at radius 2 is 1.59 bits per heavy atom. The predicted octanol–water partition coefficient (Wildman–Crippen LogP) is 3.67. The molecule has 0 spiro atoms. The lowest BCUT2D eigenvalue weighted by molar-refractivity contribution is -0.274. The molecule has 0 aromatic heterocycles.